The number of ketones is 1. The average Bonchev–Trinajstić information content (AvgIpc) is 3.18. The van der Waals surface area contributed by atoms with Crippen molar-refractivity contribution in [3.63, 3.8) is 0 Å². The Hall–Kier alpha value is -5.44. The van der Waals surface area contributed by atoms with Gasteiger partial charge in [-0.05, 0) is 48.0 Å². The predicted molar refractivity (Wildman–Crippen MR) is 163 cm³/mol. The lowest BCUT2D eigenvalue weighted by molar-refractivity contribution is -0.147. The number of rotatable bonds is 3. The number of piperazine rings is 1. The second kappa shape index (κ2) is 11.8. The first-order chi connectivity index (χ1) is 21.0. The first-order valence-corrected chi connectivity index (χ1v) is 14.1. The molecular formula is C34H30N4O5. The number of fused-ring (bicyclic) bond motifs is 2. The van der Waals surface area contributed by atoms with Gasteiger partial charge >= 0.3 is 18.0 Å². The molecule has 6 rings (SSSR count). The van der Waals surface area contributed by atoms with E-state index < -0.39 is 18.0 Å². The van der Waals surface area contributed by atoms with Crippen LogP contribution in [0.5, 0.6) is 0 Å². The van der Waals surface area contributed by atoms with Crippen molar-refractivity contribution in [2.75, 3.05) is 36.5 Å². The van der Waals surface area contributed by atoms with E-state index in [9.17, 15) is 19.2 Å². The maximum Gasteiger partial charge on any atom is 0.330 e. The molecule has 0 aromatic heterocycles. The summed E-state index contributed by atoms with van der Waals surface area (Å²) in [5.41, 5.74) is 3.51. The summed E-state index contributed by atoms with van der Waals surface area (Å²) in [6.45, 7) is 0.199. The maximum atomic E-state index is 14.4. The van der Waals surface area contributed by atoms with Crippen molar-refractivity contribution in [2.24, 2.45) is 0 Å². The van der Waals surface area contributed by atoms with E-state index in [0.717, 1.165) is 0 Å². The lowest BCUT2D eigenvalue weighted by atomic mass is 10.0. The molecule has 1 saturated heterocycles. The molecule has 0 radical (unpaired) electrons. The van der Waals surface area contributed by atoms with Gasteiger partial charge < -0.3 is 14.5 Å². The highest BCUT2D eigenvalue weighted by molar-refractivity contribution is 6.12. The van der Waals surface area contributed by atoms with Gasteiger partial charge in [0.15, 0.2) is 5.78 Å². The van der Waals surface area contributed by atoms with E-state index in [1.165, 1.54) is 16.9 Å². The molecule has 2 aliphatic heterocycles. The van der Waals surface area contributed by atoms with Crippen LogP contribution in [0.2, 0.25) is 0 Å². The molecule has 9 nitrogen and oxygen atoms in total. The van der Waals surface area contributed by atoms with Crippen LogP contribution in [0.15, 0.2) is 109 Å². The van der Waals surface area contributed by atoms with Crippen LogP contribution in [-0.4, -0.2) is 66.4 Å². The standard InChI is InChI=1S/C34H30N4O5/c1-43-32(40)30-23-35(33(41)37(25-13-4-2-5-14-25)26-15-6-3-7-16-26)20-21-36(30)34(42)38-28-18-10-8-12-24(28)22-31(39)27-17-9-11-19-29(27)38/h2-19,30H,20-23H2,1H3/t30-/m0/s1. The van der Waals surface area contributed by atoms with E-state index in [2.05, 4.69) is 0 Å². The summed E-state index contributed by atoms with van der Waals surface area (Å²) < 4.78 is 5.14. The Bertz CT molecular complexity index is 1640. The van der Waals surface area contributed by atoms with Gasteiger partial charge in [0, 0.05) is 25.1 Å². The van der Waals surface area contributed by atoms with Gasteiger partial charge in [-0.3, -0.25) is 14.6 Å². The predicted octanol–water partition coefficient (Wildman–Crippen LogP) is 5.80. The monoisotopic (exact) mass is 574 g/mol. The Kier molecular flexibility index (Phi) is 7.61. The fourth-order valence-corrected chi connectivity index (χ4v) is 5.70. The smallest absolute Gasteiger partial charge is 0.330 e. The Labute approximate surface area is 249 Å². The van der Waals surface area contributed by atoms with Gasteiger partial charge in [-0.2, -0.15) is 0 Å². The quantitative estimate of drug-likeness (QED) is 0.289. The molecule has 216 valence electrons. The zero-order chi connectivity index (χ0) is 29.9. The van der Waals surface area contributed by atoms with Crippen molar-refractivity contribution >= 4 is 46.6 Å². The summed E-state index contributed by atoms with van der Waals surface area (Å²) in [5.74, 6) is -0.732. The zero-order valence-corrected chi connectivity index (χ0v) is 23.6. The molecule has 9 heteroatoms. The highest BCUT2D eigenvalue weighted by Gasteiger charge is 2.42. The Balaban J connectivity index is 1.35. The Morgan fingerprint density at radius 1 is 0.744 bits per heavy atom. The number of para-hydroxylation sites is 4. The fourth-order valence-electron chi connectivity index (χ4n) is 5.70. The molecule has 0 bridgehead atoms. The van der Waals surface area contributed by atoms with Crippen LogP contribution in [0.3, 0.4) is 0 Å². The SMILES string of the molecule is COC(=O)[C@@H]1CN(C(=O)N(c2ccccc2)c2ccccc2)CCN1C(=O)N1c2ccccc2CC(=O)c2ccccc21. The van der Waals surface area contributed by atoms with Gasteiger partial charge in [-0.25, -0.2) is 14.4 Å². The van der Waals surface area contributed by atoms with Gasteiger partial charge in [-0.1, -0.05) is 66.7 Å². The van der Waals surface area contributed by atoms with Crippen LogP contribution in [0, 0.1) is 0 Å². The minimum Gasteiger partial charge on any atom is -0.467 e. The molecule has 0 N–H and O–H groups in total. The summed E-state index contributed by atoms with van der Waals surface area (Å²) in [6, 6.07) is 30.9. The summed E-state index contributed by atoms with van der Waals surface area (Å²) in [4.78, 5) is 61.0. The molecule has 0 aliphatic carbocycles. The maximum absolute atomic E-state index is 14.4. The molecule has 1 fully saturated rings. The highest BCUT2D eigenvalue weighted by Crippen LogP contribution is 2.37. The van der Waals surface area contributed by atoms with E-state index in [4.69, 9.17) is 4.74 Å². The van der Waals surface area contributed by atoms with Gasteiger partial charge in [-0.15, -0.1) is 0 Å². The van der Waals surface area contributed by atoms with Gasteiger partial charge in [0.2, 0.25) is 0 Å². The molecule has 43 heavy (non-hydrogen) atoms. The average molecular weight is 575 g/mol. The van der Waals surface area contributed by atoms with Crippen LogP contribution in [0.25, 0.3) is 0 Å². The molecule has 4 amide bonds. The first kappa shape index (κ1) is 27.7. The van der Waals surface area contributed by atoms with Crippen molar-refractivity contribution in [3.05, 3.63) is 120 Å². The normalized spacial score (nSPS) is 16.1. The Morgan fingerprint density at radius 3 is 1.98 bits per heavy atom. The number of ether oxygens (including phenoxy) is 1. The van der Waals surface area contributed by atoms with Crippen LogP contribution < -0.4 is 9.80 Å². The second-order valence-corrected chi connectivity index (χ2v) is 10.3. The topological polar surface area (TPSA) is 90.5 Å². The summed E-state index contributed by atoms with van der Waals surface area (Å²) in [7, 11) is 1.27. The number of carbonyl (C=O) groups excluding carboxylic acids is 4. The molecule has 0 unspecified atom stereocenters. The molecule has 1 atom stereocenters. The molecular weight excluding hydrogens is 544 g/mol. The van der Waals surface area contributed by atoms with E-state index in [1.807, 2.05) is 78.9 Å². The molecule has 2 heterocycles. The number of urea groups is 2. The van der Waals surface area contributed by atoms with Gasteiger partial charge in [0.25, 0.3) is 0 Å². The van der Waals surface area contributed by atoms with E-state index in [1.54, 1.807) is 40.1 Å². The van der Waals surface area contributed by atoms with Crippen molar-refractivity contribution in [1.82, 2.24) is 9.80 Å². The van der Waals surface area contributed by atoms with E-state index in [0.29, 0.717) is 33.9 Å². The number of carbonyl (C=O) groups is 4. The number of Topliss-reactive ketones (excluding diaryl/α,β-unsaturated/α-hetero) is 1. The van der Waals surface area contributed by atoms with E-state index >= 15 is 0 Å². The molecule has 4 aromatic rings. The Morgan fingerprint density at radius 2 is 1.33 bits per heavy atom. The van der Waals surface area contributed by atoms with Crippen LogP contribution in [0.1, 0.15) is 15.9 Å². The number of esters is 1. The van der Waals surface area contributed by atoms with Crippen LogP contribution in [-0.2, 0) is 16.0 Å². The third kappa shape index (κ3) is 5.21. The number of amides is 4. The fraction of sp³-hybridized carbons (Fsp3) is 0.176. The van der Waals surface area contributed by atoms with Crippen LogP contribution in [0.4, 0.5) is 32.3 Å². The highest BCUT2D eigenvalue weighted by atomic mass is 16.5. The summed E-state index contributed by atoms with van der Waals surface area (Å²) >= 11 is 0. The minimum absolute atomic E-state index is 0.0660. The van der Waals surface area contributed by atoms with Gasteiger partial charge in [0.1, 0.15) is 6.04 Å². The molecule has 0 spiro atoms. The van der Waals surface area contributed by atoms with Crippen molar-refractivity contribution < 1.29 is 23.9 Å². The largest absolute Gasteiger partial charge is 0.467 e. The second-order valence-electron chi connectivity index (χ2n) is 10.3. The lowest BCUT2D eigenvalue weighted by Crippen LogP contribution is -2.62. The van der Waals surface area contributed by atoms with Crippen molar-refractivity contribution in [1.29, 1.82) is 0 Å². The van der Waals surface area contributed by atoms with Crippen molar-refractivity contribution in [3.8, 4) is 0 Å². The number of methoxy groups -OCH3 is 1. The summed E-state index contributed by atoms with van der Waals surface area (Å²) in [5, 5.41) is 0. The minimum atomic E-state index is -1.07. The third-order valence-corrected chi connectivity index (χ3v) is 7.81. The molecule has 4 aromatic carbocycles. The lowest BCUT2D eigenvalue weighted by Gasteiger charge is -2.43. The number of hydrogen-bond acceptors (Lipinski definition) is 5. The molecule has 2 aliphatic rings. The zero-order valence-electron chi connectivity index (χ0n) is 23.6. The number of nitrogens with zero attached hydrogens (tertiary/aromatic N) is 4. The third-order valence-electron chi connectivity index (χ3n) is 7.81. The number of anilines is 4. The number of hydrogen-bond donors (Lipinski definition) is 0. The van der Waals surface area contributed by atoms with Gasteiger partial charge in [0.05, 0.1) is 36.4 Å². The number of benzene rings is 4. The van der Waals surface area contributed by atoms with Crippen LogP contribution >= 0.6 is 0 Å². The first-order valence-electron chi connectivity index (χ1n) is 14.1. The van der Waals surface area contributed by atoms with Crippen molar-refractivity contribution in [2.45, 2.75) is 12.5 Å². The molecule has 0 saturated carbocycles. The summed E-state index contributed by atoms with van der Waals surface area (Å²) in [6.07, 6.45) is 0.147. The van der Waals surface area contributed by atoms with E-state index in [-0.39, 0.29) is 37.9 Å².